The van der Waals surface area contributed by atoms with E-state index >= 15 is 0 Å². The molecule has 30 heavy (non-hydrogen) atoms. The Bertz CT molecular complexity index is 985. The fourth-order valence-corrected chi connectivity index (χ4v) is 3.18. The van der Waals surface area contributed by atoms with Crippen molar-refractivity contribution in [2.45, 2.75) is 25.8 Å². The Labute approximate surface area is 174 Å². The number of rotatable bonds is 7. The van der Waals surface area contributed by atoms with Gasteiger partial charge in [-0.3, -0.25) is 19.3 Å². The second kappa shape index (κ2) is 8.36. The number of benzene rings is 2. The highest BCUT2D eigenvalue weighted by Crippen LogP contribution is 2.30. The lowest BCUT2D eigenvalue weighted by atomic mass is 9.92. The third-order valence-corrected chi connectivity index (χ3v) is 5.06. The van der Waals surface area contributed by atoms with Crippen LogP contribution in [0.25, 0.3) is 0 Å². The van der Waals surface area contributed by atoms with Gasteiger partial charge in [0.25, 0.3) is 5.91 Å². The van der Waals surface area contributed by atoms with Gasteiger partial charge < -0.3 is 15.4 Å². The number of ether oxygens (including phenoxy) is 1. The first-order chi connectivity index (χ1) is 14.3. The molecule has 2 aromatic carbocycles. The molecule has 156 valence electrons. The highest BCUT2D eigenvalue weighted by atomic mass is 16.5. The summed E-state index contributed by atoms with van der Waals surface area (Å²) in [5.41, 5.74) is 0.231. The molecule has 1 heterocycles. The van der Waals surface area contributed by atoms with Crippen LogP contribution < -0.4 is 15.4 Å². The topological polar surface area (TPSA) is 105 Å². The van der Waals surface area contributed by atoms with E-state index in [0.29, 0.717) is 29.0 Å². The monoisotopic (exact) mass is 409 g/mol. The van der Waals surface area contributed by atoms with Crippen molar-refractivity contribution in [3.8, 4) is 5.75 Å². The Kier molecular flexibility index (Phi) is 5.86. The summed E-state index contributed by atoms with van der Waals surface area (Å²) < 4.78 is 5.12. The van der Waals surface area contributed by atoms with Gasteiger partial charge in [0.15, 0.2) is 5.78 Å². The van der Waals surface area contributed by atoms with Crippen LogP contribution in [-0.2, 0) is 15.1 Å². The second-order valence-electron chi connectivity index (χ2n) is 7.08. The van der Waals surface area contributed by atoms with Crippen LogP contribution in [0.4, 0.5) is 10.5 Å². The summed E-state index contributed by atoms with van der Waals surface area (Å²) in [6.07, 6.45) is 0.347. The SMILES string of the molecule is CCC(=O)Nc1ccc(C(=O)CN2C(=O)NC(C)(c3ccc(OC)cc3)C2=O)cc1. The summed E-state index contributed by atoms with van der Waals surface area (Å²) in [6.45, 7) is 2.97. The lowest BCUT2D eigenvalue weighted by molar-refractivity contribution is -0.130. The van der Waals surface area contributed by atoms with Crippen LogP contribution >= 0.6 is 0 Å². The molecule has 0 aliphatic carbocycles. The number of ketones is 1. The molecule has 0 radical (unpaired) electrons. The highest BCUT2D eigenvalue weighted by Gasteiger charge is 2.49. The average molecular weight is 409 g/mol. The molecule has 0 saturated carbocycles. The van der Waals surface area contributed by atoms with E-state index in [1.165, 1.54) is 7.11 Å². The molecular formula is C22H23N3O5. The number of amides is 4. The van der Waals surface area contributed by atoms with Crippen LogP contribution in [0.3, 0.4) is 0 Å². The molecule has 3 rings (SSSR count). The van der Waals surface area contributed by atoms with E-state index in [4.69, 9.17) is 4.74 Å². The van der Waals surface area contributed by atoms with Crippen molar-refractivity contribution >= 4 is 29.3 Å². The van der Waals surface area contributed by atoms with E-state index in [2.05, 4.69) is 10.6 Å². The number of anilines is 1. The van der Waals surface area contributed by atoms with E-state index in [1.54, 1.807) is 62.4 Å². The predicted molar refractivity (Wildman–Crippen MR) is 110 cm³/mol. The maximum Gasteiger partial charge on any atom is 0.325 e. The molecule has 1 unspecified atom stereocenters. The molecule has 0 spiro atoms. The number of nitrogens with one attached hydrogen (secondary N) is 2. The van der Waals surface area contributed by atoms with E-state index < -0.39 is 17.5 Å². The molecular weight excluding hydrogens is 386 g/mol. The van der Waals surface area contributed by atoms with Crippen molar-refractivity contribution in [2.24, 2.45) is 0 Å². The van der Waals surface area contributed by atoms with Crippen molar-refractivity contribution in [1.82, 2.24) is 10.2 Å². The molecule has 1 aliphatic heterocycles. The van der Waals surface area contributed by atoms with Crippen molar-refractivity contribution in [3.05, 3.63) is 59.7 Å². The van der Waals surface area contributed by atoms with E-state index in [1.807, 2.05) is 0 Å². The van der Waals surface area contributed by atoms with Crippen molar-refractivity contribution in [2.75, 3.05) is 19.0 Å². The largest absolute Gasteiger partial charge is 0.497 e. The molecule has 1 aliphatic rings. The van der Waals surface area contributed by atoms with Gasteiger partial charge in [-0.2, -0.15) is 0 Å². The van der Waals surface area contributed by atoms with Gasteiger partial charge in [-0.05, 0) is 48.9 Å². The molecule has 1 fully saturated rings. The molecule has 8 heteroatoms. The van der Waals surface area contributed by atoms with Crippen molar-refractivity contribution in [1.29, 1.82) is 0 Å². The molecule has 1 atom stereocenters. The first kappa shape index (κ1) is 21.0. The van der Waals surface area contributed by atoms with E-state index in [-0.39, 0.29) is 18.2 Å². The molecule has 8 nitrogen and oxygen atoms in total. The van der Waals surface area contributed by atoms with Gasteiger partial charge in [0.05, 0.1) is 13.7 Å². The number of urea groups is 1. The number of hydrogen-bond acceptors (Lipinski definition) is 5. The number of methoxy groups -OCH3 is 1. The van der Waals surface area contributed by atoms with Crippen LogP contribution in [0, 0.1) is 0 Å². The zero-order valence-electron chi connectivity index (χ0n) is 17.0. The molecule has 0 aromatic heterocycles. The smallest absolute Gasteiger partial charge is 0.325 e. The average Bonchev–Trinajstić information content (AvgIpc) is 2.98. The molecule has 0 bridgehead atoms. The quantitative estimate of drug-likeness (QED) is 0.540. The fourth-order valence-electron chi connectivity index (χ4n) is 3.18. The van der Waals surface area contributed by atoms with Crippen LogP contribution in [0.1, 0.15) is 36.2 Å². The lowest BCUT2D eigenvalue weighted by Crippen LogP contribution is -2.41. The third-order valence-electron chi connectivity index (χ3n) is 5.06. The molecule has 2 N–H and O–H groups in total. The molecule has 4 amide bonds. The number of hydrogen-bond donors (Lipinski definition) is 2. The minimum atomic E-state index is -1.27. The fraction of sp³-hybridized carbons (Fsp3) is 0.273. The molecule has 2 aromatic rings. The highest BCUT2D eigenvalue weighted by molar-refractivity contribution is 6.11. The normalized spacial score (nSPS) is 18.2. The summed E-state index contributed by atoms with van der Waals surface area (Å²) in [7, 11) is 1.54. The summed E-state index contributed by atoms with van der Waals surface area (Å²) in [5.74, 6) is -0.389. The zero-order chi connectivity index (χ0) is 21.9. The van der Waals surface area contributed by atoms with Crippen LogP contribution in [0.2, 0.25) is 0 Å². The van der Waals surface area contributed by atoms with Crippen molar-refractivity contribution < 1.29 is 23.9 Å². The summed E-state index contributed by atoms with van der Waals surface area (Å²) >= 11 is 0. The second-order valence-corrected chi connectivity index (χ2v) is 7.08. The number of nitrogens with zero attached hydrogens (tertiary/aromatic N) is 1. The Morgan fingerprint density at radius 3 is 2.27 bits per heavy atom. The Morgan fingerprint density at radius 1 is 1.07 bits per heavy atom. The standard InChI is InChI=1S/C22H23N3O5/c1-4-19(27)23-16-9-5-14(6-10-16)18(26)13-25-20(28)22(2,24-21(25)29)15-7-11-17(30-3)12-8-15/h5-12H,4,13H2,1-3H3,(H,23,27)(H,24,29). The number of carbonyl (C=O) groups is 4. The number of carbonyl (C=O) groups excluding carboxylic acids is 4. The Balaban J connectivity index is 1.73. The maximum atomic E-state index is 13.0. The van der Waals surface area contributed by atoms with Crippen LogP contribution in [-0.4, -0.2) is 42.2 Å². The maximum absolute atomic E-state index is 13.0. The first-order valence-electron chi connectivity index (χ1n) is 9.50. The van der Waals surface area contributed by atoms with Gasteiger partial charge in [-0.25, -0.2) is 4.79 Å². The van der Waals surface area contributed by atoms with Gasteiger partial charge in [-0.1, -0.05) is 19.1 Å². The lowest BCUT2D eigenvalue weighted by Gasteiger charge is -2.22. The van der Waals surface area contributed by atoms with Crippen molar-refractivity contribution in [3.63, 3.8) is 0 Å². The summed E-state index contributed by atoms with van der Waals surface area (Å²) in [6, 6.07) is 12.5. The molecule has 1 saturated heterocycles. The third kappa shape index (κ3) is 4.03. The first-order valence-corrected chi connectivity index (χ1v) is 9.50. The number of imide groups is 1. The minimum absolute atomic E-state index is 0.133. The summed E-state index contributed by atoms with van der Waals surface area (Å²) in [4.78, 5) is 50.4. The van der Waals surface area contributed by atoms with Gasteiger partial charge in [-0.15, -0.1) is 0 Å². The summed E-state index contributed by atoms with van der Waals surface area (Å²) in [5, 5.41) is 5.37. The van der Waals surface area contributed by atoms with Gasteiger partial charge in [0.1, 0.15) is 11.3 Å². The van der Waals surface area contributed by atoms with Crippen LogP contribution in [0.5, 0.6) is 5.75 Å². The Hall–Kier alpha value is -3.68. The van der Waals surface area contributed by atoms with Crippen LogP contribution in [0.15, 0.2) is 48.5 Å². The van der Waals surface area contributed by atoms with Gasteiger partial charge >= 0.3 is 6.03 Å². The predicted octanol–water partition coefficient (Wildman–Crippen LogP) is 2.69. The van der Waals surface area contributed by atoms with Gasteiger partial charge in [0, 0.05) is 17.7 Å². The minimum Gasteiger partial charge on any atom is -0.497 e. The zero-order valence-corrected chi connectivity index (χ0v) is 17.0. The Morgan fingerprint density at radius 2 is 1.70 bits per heavy atom. The number of Topliss-reactive ketones (excluding diaryl/α,β-unsaturated/α-hetero) is 1. The van der Waals surface area contributed by atoms with Gasteiger partial charge in [0.2, 0.25) is 5.91 Å². The van der Waals surface area contributed by atoms with E-state index in [0.717, 1.165) is 4.90 Å². The van der Waals surface area contributed by atoms with E-state index in [9.17, 15) is 19.2 Å².